The normalized spacial score (nSPS) is 21.8. The summed E-state index contributed by atoms with van der Waals surface area (Å²) >= 11 is 0. The number of para-hydroxylation sites is 4. The molecule has 4 aliphatic heterocycles. The maximum absolute atomic E-state index is 7.24. The monoisotopic (exact) mass is 1380 g/mol. The Labute approximate surface area is 617 Å². The molecule has 4 heterocycles. The Balaban J connectivity index is 1.14. The van der Waals surface area contributed by atoms with Crippen LogP contribution >= 0.6 is 0 Å². The highest BCUT2D eigenvalue weighted by Crippen LogP contribution is 2.55. The molecule has 0 aromatic heterocycles. The Hall–Kier alpha value is -8.86. The zero-order valence-corrected chi connectivity index (χ0v) is 62.8. The van der Waals surface area contributed by atoms with Gasteiger partial charge in [0.25, 0.3) is 0 Å². The Kier molecular flexibility index (Phi) is 19.7. The zero-order chi connectivity index (χ0) is 74.1. The van der Waals surface area contributed by atoms with Crippen molar-refractivity contribution in [3.05, 3.63) is 237 Å². The summed E-state index contributed by atoms with van der Waals surface area (Å²) in [5, 5.41) is 0. The molecule has 12 nitrogen and oxygen atoms in total. The van der Waals surface area contributed by atoms with E-state index in [0.29, 0.717) is 23.0 Å². The van der Waals surface area contributed by atoms with Crippen molar-refractivity contribution in [1.29, 1.82) is 0 Å². The molecule has 0 atom stereocenters. The van der Waals surface area contributed by atoms with Crippen LogP contribution in [-0.2, 0) is 37.2 Å². The second-order valence-corrected chi connectivity index (χ2v) is 31.8. The number of hydrogen-bond acceptors (Lipinski definition) is 12. The lowest BCUT2D eigenvalue weighted by molar-refractivity contribution is 0.00578. The van der Waals surface area contributed by atoms with Crippen LogP contribution in [0.1, 0.15) is 201 Å². The number of terminal acetylenes is 4. The fourth-order valence-corrected chi connectivity index (χ4v) is 14.6. The SMILES string of the molecule is C#CCOc1c2cccc1C(c1ccc(B3OC(C)(C)C(C)(C)O3)cc1)c1cccc(c1OCC#C)C(c1ccc(B3OC(C)(C)C(C)(C)O3)cc1)c1cccc(c1OCC#C)C(c1ccc(B3OC(C)(C)C(C)(C)O3)cc1)c1cccc(c1OCC#C)C2c1ccc(B2OC(C)(C)C(C)(C)O2)cc1. The van der Waals surface area contributed by atoms with Gasteiger partial charge in [0.15, 0.2) is 0 Å². The fraction of sp³-hybridized carbons (Fsp3) is 0.364. The average molecular weight is 1380 g/mol. The molecular formula is C88H92B4O12. The zero-order valence-electron chi connectivity index (χ0n) is 62.8. The molecule has 1 aliphatic carbocycles. The summed E-state index contributed by atoms with van der Waals surface area (Å²) in [6.45, 7) is 32.5. The van der Waals surface area contributed by atoms with Gasteiger partial charge in [-0.05, 0) is 155 Å². The topological polar surface area (TPSA) is 111 Å². The van der Waals surface area contributed by atoms with Crippen molar-refractivity contribution >= 4 is 50.3 Å². The van der Waals surface area contributed by atoms with Gasteiger partial charge in [-0.3, -0.25) is 0 Å². The summed E-state index contributed by atoms with van der Waals surface area (Å²) in [6.07, 6.45) is 25.4. The van der Waals surface area contributed by atoms with Gasteiger partial charge >= 0.3 is 28.5 Å². The van der Waals surface area contributed by atoms with E-state index >= 15 is 0 Å². The van der Waals surface area contributed by atoms with Crippen LogP contribution in [0.15, 0.2) is 170 Å². The lowest BCUT2D eigenvalue weighted by atomic mass is 9.73. The van der Waals surface area contributed by atoms with Gasteiger partial charge in [0.1, 0.15) is 49.4 Å². The molecule has 4 saturated heterocycles. The first-order valence-electron chi connectivity index (χ1n) is 35.9. The molecule has 0 saturated carbocycles. The number of ether oxygens (including phenoxy) is 4. The third kappa shape index (κ3) is 13.4. The fourth-order valence-electron chi connectivity index (χ4n) is 14.6. The van der Waals surface area contributed by atoms with Gasteiger partial charge in [-0.15, -0.1) is 25.7 Å². The Morgan fingerprint density at radius 3 is 0.529 bits per heavy atom. The first-order chi connectivity index (χ1) is 49.4. The number of hydrogen-bond donors (Lipinski definition) is 0. The molecule has 0 unspecified atom stereocenters. The first-order valence-corrected chi connectivity index (χ1v) is 35.9. The minimum absolute atomic E-state index is 0.0881. The maximum Gasteiger partial charge on any atom is 0.494 e. The lowest BCUT2D eigenvalue weighted by Gasteiger charge is -2.33. The highest BCUT2D eigenvalue weighted by molar-refractivity contribution is 6.63. The molecule has 0 amide bonds. The highest BCUT2D eigenvalue weighted by Gasteiger charge is 2.55. The predicted molar refractivity (Wildman–Crippen MR) is 415 cm³/mol. The van der Waals surface area contributed by atoms with Crippen molar-refractivity contribution in [1.82, 2.24) is 0 Å². The molecule has 528 valence electrons. The van der Waals surface area contributed by atoms with Crippen molar-refractivity contribution in [2.45, 2.75) is 179 Å². The Bertz CT molecular complexity index is 3950. The van der Waals surface area contributed by atoms with E-state index in [1.165, 1.54) is 0 Å². The highest BCUT2D eigenvalue weighted by atomic mass is 16.7. The van der Waals surface area contributed by atoms with Crippen molar-refractivity contribution in [3.63, 3.8) is 0 Å². The molecule has 8 aromatic carbocycles. The van der Waals surface area contributed by atoms with Crippen molar-refractivity contribution in [2.75, 3.05) is 26.4 Å². The van der Waals surface area contributed by atoms with Gasteiger partial charge in [0, 0.05) is 68.2 Å². The molecule has 0 radical (unpaired) electrons. The summed E-state index contributed by atoms with van der Waals surface area (Å²) in [7, 11) is -2.56. The van der Waals surface area contributed by atoms with Crippen molar-refractivity contribution in [3.8, 4) is 72.4 Å². The van der Waals surface area contributed by atoms with Gasteiger partial charge in [0.05, 0.1) is 44.8 Å². The molecule has 13 rings (SSSR count). The molecule has 4 fully saturated rings. The lowest BCUT2D eigenvalue weighted by Crippen LogP contribution is -2.41. The minimum Gasteiger partial charge on any atom is -0.480 e. The summed E-state index contributed by atoms with van der Waals surface area (Å²) in [5.41, 5.74) is 8.47. The van der Waals surface area contributed by atoms with Gasteiger partial charge in [-0.1, -0.05) is 194 Å². The van der Waals surface area contributed by atoms with E-state index in [9.17, 15) is 0 Å². The minimum atomic E-state index is -0.662. The van der Waals surface area contributed by atoms with Gasteiger partial charge in [-0.2, -0.15) is 0 Å². The molecule has 16 heteroatoms. The second kappa shape index (κ2) is 27.9. The van der Waals surface area contributed by atoms with Gasteiger partial charge in [-0.25, -0.2) is 0 Å². The van der Waals surface area contributed by atoms with Crippen LogP contribution in [0.5, 0.6) is 23.0 Å². The summed E-state index contributed by atoms with van der Waals surface area (Å²) in [4.78, 5) is 0. The van der Waals surface area contributed by atoms with Crippen molar-refractivity contribution < 1.29 is 56.2 Å². The average Bonchev–Trinajstić information content (AvgIpc) is 1.04. The van der Waals surface area contributed by atoms with E-state index in [1.807, 2.05) is 0 Å². The second-order valence-electron chi connectivity index (χ2n) is 31.8. The van der Waals surface area contributed by atoms with E-state index in [0.717, 1.165) is 88.6 Å². The van der Waals surface area contributed by atoms with Crippen LogP contribution in [0.25, 0.3) is 0 Å². The summed E-state index contributed by atoms with van der Waals surface area (Å²) < 4.78 is 82.4. The van der Waals surface area contributed by atoms with E-state index in [1.54, 1.807) is 0 Å². The Morgan fingerprint density at radius 1 is 0.250 bits per heavy atom. The standard InChI is InChI=1S/C88H92B4O12/c1-21-53-93-77-65-29-25-30-66(77)74(58-39-47-62(48-40-58)90-99-83(9,10)84(11,12)100-90)68-32-27-34-70(79(68)95-55-23-3)76(60-43-51-64(52-44-60)92-103-87(17,18)88(19,20)104-92)72-36-28-35-71(80(72)96-56-24-4)75(59-41-49-63(50-42-59)91-101-85(13,14)86(15,16)102-91)69-33-26-31-67(78(69)94-54-22-2)73(65)57-37-45-61(46-38-57)89-97-81(5,6)82(7,8)98-89/h1-4,25-52,73-76H,53-56H2,5-20H3. The van der Waals surface area contributed by atoms with Crippen LogP contribution in [0.3, 0.4) is 0 Å². The number of benzene rings is 8. The van der Waals surface area contributed by atoms with Crippen LogP contribution in [-0.4, -0.2) is 99.7 Å². The molecule has 8 bridgehead atoms. The molecule has 8 aromatic rings. The Morgan fingerprint density at radius 2 is 0.394 bits per heavy atom. The molecule has 0 spiro atoms. The predicted octanol–water partition coefficient (Wildman–Crippen LogP) is 14.0. The third-order valence-electron chi connectivity index (χ3n) is 23.2. The smallest absolute Gasteiger partial charge is 0.480 e. The van der Waals surface area contributed by atoms with E-state index in [4.69, 9.17) is 81.9 Å². The van der Waals surface area contributed by atoms with Crippen LogP contribution in [0.2, 0.25) is 0 Å². The van der Waals surface area contributed by atoms with E-state index < -0.39 is 97.0 Å². The van der Waals surface area contributed by atoms with Gasteiger partial charge in [0.2, 0.25) is 0 Å². The van der Waals surface area contributed by atoms with Crippen LogP contribution in [0, 0.1) is 49.4 Å². The van der Waals surface area contributed by atoms with Gasteiger partial charge < -0.3 is 56.2 Å². The molecule has 104 heavy (non-hydrogen) atoms. The maximum atomic E-state index is 7.24. The number of rotatable bonds is 16. The van der Waals surface area contributed by atoms with E-state index in [2.05, 4.69) is 304 Å². The summed E-state index contributed by atoms with van der Waals surface area (Å²) in [5.74, 6) is 10.9. The third-order valence-corrected chi connectivity index (χ3v) is 23.2. The van der Waals surface area contributed by atoms with Crippen molar-refractivity contribution in [2.24, 2.45) is 0 Å². The molecule has 0 N–H and O–H groups in total. The largest absolute Gasteiger partial charge is 0.494 e. The quantitative estimate of drug-likeness (QED) is 0.0678. The van der Waals surface area contributed by atoms with E-state index in [-0.39, 0.29) is 26.4 Å². The first kappa shape index (κ1) is 73.5. The summed E-state index contributed by atoms with van der Waals surface area (Å²) in [6, 6.07) is 58.8. The van der Waals surface area contributed by atoms with Crippen LogP contribution in [0.4, 0.5) is 0 Å². The van der Waals surface area contributed by atoms with Crippen LogP contribution < -0.4 is 40.8 Å². The molecular weight excluding hydrogens is 1290 g/mol. The molecule has 5 aliphatic rings. The number of fused-ring (bicyclic) bond motifs is 8.